The molecule has 0 bridgehead atoms. The SMILES string of the molecule is CN(C(=O)CCC#N)[C@@H](Cc1cnc[nH]1)C(=O)O. The molecule has 7 nitrogen and oxygen atoms in total. The predicted octanol–water partition coefficient (Wildman–Crippen LogP) is 0.168. The van der Waals surface area contributed by atoms with Crippen molar-refractivity contribution in [2.45, 2.75) is 25.3 Å². The van der Waals surface area contributed by atoms with Gasteiger partial charge in [0.25, 0.3) is 0 Å². The zero-order valence-corrected chi connectivity index (χ0v) is 9.96. The molecule has 0 saturated heterocycles. The molecular formula is C11H14N4O3. The topological polar surface area (TPSA) is 110 Å². The summed E-state index contributed by atoms with van der Waals surface area (Å²) in [7, 11) is 1.43. The fourth-order valence-corrected chi connectivity index (χ4v) is 1.51. The van der Waals surface area contributed by atoms with Crippen molar-refractivity contribution in [2.24, 2.45) is 0 Å². The van der Waals surface area contributed by atoms with Crippen LogP contribution in [0.15, 0.2) is 12.5 Å². The number of nitrogens with zero attached hydrogens (tertiary/aromatic N) is 3. The Balaban J connectivity index is 2.70. The summed E-state index contributed by atoms with van der Waals surface area (Å²) >= 11 is 0. The van der Waals surface area contributed by atoms with E-state index in [-0.39, 0.29) is 25.2 Å². The number of carbonyl (C=O) groups is 2. The normalized spacial score (nSPS) is 11.6. The monoisotopic (exact) mass is 250 g/mol. The van der Waals surface area contributed by atoms with Crippen LogP contribution in [0, 0.1) is 11.3 Å². The van der Waals surface area contributed by atoms with Gasteiger partial charge in [0.05, 0.1) is 12.4 Å². The highest BCUT2D eigenvalue weighted by molar-refractivity contribution is 5.83. The summed E-state index contributed by atoms with van der Waals surface area (Å²) in [6.07, 6.45) is 3.23. The van der Waals surface area contributed by atoms with Crippen molar-refractivity contribution in [3.05, 3.63) is 18.2 Å². The number of aromatic nitrogens is 2. The number of aromatic amines is 1. The maximum atomic E-state index is 11.7. The van der Waals surface area contributed by atoms with Gasteiger partial charge in [0.1, 0.15) is 6.04 Å². The number of nitrogens with one attached hydrogen (secondary N) is 1. The number of carbonyl (C=O) groups excluding carboxylic acids is 1. The lowest BCUT2D eigenvalue weighted by Crippen LogP contribution is -2.43. The highest BCUT2D eigenvalue weighted by Crippen LogP contribution is 2.08. The summed E-state index contributed by atoms with van der Waals surface area (Å²) in [6, 6.07) is 0.895. The molecular weight excluding hydrogens is 236 g/mol. The summed E-state index contributed by atoms with van der Waals surface area (Å²) in [5.41, 5.74) is 0.641. The van der Waals surface area contributed by atoms with Crippen LogP contribution in [-0.4, -0.2) is 44.9 Å². The molecule has 0 saturated carbocycles. The molecule has 0 fully saturated rings. The van der Waals surface area contributed by atoms with Crippen LogP contribution in [0.1, 0.15) is 18.5 Å². The molecule has 7 heteroatoms. The molecule has 0 aliphatic rings. The Morgan fingerprint density at radius 1 is 1.67 bits per heavy atom. The maximum Gasteiger partial charge on any atom is 0.326 e. The van der Waals surface area contributed by atoms with E-state index in [9.17, 15) is 9.59 Å². The second-order valence-electron chi connectivity index (χ2n) is 3.80. The number of imidazole rings is 1. The second kappa shape index (κ2) is 6.39. The molecule has 1 amide bonds. The van der Waals surface area contributed by atoms with E-state index < -0.39 is 12.0 Å². The molecule has 0 aliphatic carbocycles. The number of carboxylic acid groups (broad SMARTS) is 1. The number of H-pyrrole nitrogens is 1. The van der Waals surface area contributed by atoms with E-state index in [1.807, 2.05) is 6.07 Å². The van der Waals surface area contributed by atoms with Crippen LogP contribution in [0.5, 0.6) is 0 Å². The van der Waals surface area contributed by atoms with Gasteiger partial charge in [-0.3, -0.25) is 4.79 Å². The first-order chi connectivity index (χ1) is 8.56. The van der Waals surface area contributed by atoms with E-state index in [0.29, 0.717) is 5.69 Å². The molecule has 18 heavy (non-hydrogen) atoms. The minimum absolute atomic E-state index is 0.0275. The van der Waals surface area contributed by atoms with Gasteiger partial charge in [-0.25, -0.2) is 9.78 Å². The van der Waals surface area contributed by atoms with Crippen LogP contribution in [-0.2, 0) is 16.0 Å². The van der Waals surface area contributed by atoms with Crippen LogP contribution in [0.3, 0.4) is 0 Å². The molecule has 96 valence electrons. The number of hydrogen-bond donors (Lipinski definition) is 2. The highest BCUT2D eigenvalue weighted by Gasteiger charge is 2.26. The lowest BCUT2D eigenvalue weighted by atomic mass is 10.1. The Kier molecular flexibility index (Phi) is 4.87. The van der Waals surface area contributed by atoms with Gasteiger partial charge in [-0.05, 0) is 0 Å². The third-order valence-corrected chi connectivity index (χ3v) is 2.56. The zero-order chi connectivity index (χ0) is 13.5. The van der Waals surface area contributed by atoms with Gasteiger partial charge in [-0.1, -0.05) is 0 Å². The molecule has 0 aromatic carbocycles. The smallest absolute Gasteiger partial charge is 0.326 e. The van der Waals surface area contributed by atoms with Crippen molar-refractivity contribution in [3.63, 3.8) is 0 Å². The van der Waals surface area contributed by atoms with Gasteiger partial charge in [-0.15, -0.1) is 0 Å². The molecule has 0 unspecified atom stereocenters. The second-order valence-corrected chi connectivity index (χ2v) is 3.80. The fourth-order valence-electron chi connectivity index (χ4n) is 1.51. The lowest BCUT2D eigenvalue weighted by Gasteiger charge is -2.24. The van der Waals surface area contributed by atoms with E-state index in [1.165, 1.54) is 19.6 Å². The van der Waals surface area contributed by atoms with Gasteiger partial charge in [0.2, 0.25) is 5.91 Å². The van der Waals surface area contributed by atoms with Crippen LogP contribution in [0.4, 0.5) is 0 Å². The van der Waals surface area contributed by atoms with Gasteiger partial charge in [-0.2, -0.15) is 5.26 Å². The predicted molar refractivity (Wildman–Crippen MR) is 61.3 cm³/mol. The van der Waals surface area contributed by atoms with Crippen LogP contribution < -0.4 is 0 Å². The van der Waals surface area contributed by atoms with Crippen molar-refractivity contribution in [1.29, 1.82) is 5.26 Å². The maximum absolute atomic E-state index is 11.7. The number of amides is 1. The fraction of sp³-hybridized carbons (Fsp3) is 0.455. The first-order valence-corrected chi connectivity index (χ1v) is 5.39. The quantitative estimate of drug-likeness (QED) is 0.747. The summed E-state index contributed by atoms with van der Waals surface area (Å²) in [4.78, 5) is 30.6. The molecule has 1 heterocycles. The third-order valence-electron chi connectivity index (χ3n) is 2.56. The lowest BCUT2D eigenvalue weighted by molar-refractivity contribution is -0.149. The van der Waals surface area contributed by atoms with Gasteiger partial charge >= 0.3 is 5.97 Å². The van der Waals surface area contributed by atoms with Gasteiger partial charge in [0, 0.05) is 38.2 Å². The Morgan fingerprint density at radius 2 is 2.39 bits per heavy atom. The van der Waals surface area contributed by atoms with E-state index in [1.54, 1.807) is 0 Å². The molecule has 1 rings (SSSR count). The Hall–Kier alpha value is -2.36. The molecule has 2 N–H and O–H groups in total. The number of carboxylic acids is 1. The molecule has 0 radical (unpaired) electrons. The average Bonchev–Trinajstić information content (AvgIpc) is 2.84. The summed E-state index contributed by atoms with van der Waals surface area (Å²) < 4.78 is 0. The number of rotatable bonds is 6. The zero-order valence-electron chi connectivity index (χ0n) is 9.96. The Bertz CT molecular complexity index is 449. The molecule has 1 atom stereocenters. The van der Waals surface area contributed by atoms with Crippen molar-refractivity contribution < 1.29 is 14.7 Å². The van der Waals surface area contributed by atoms with Crippen LogP contribution >= 0.6 is 0 Å². The van der Waals surface area contributed by atoms with E-state index in [4.69, 9.17) is 10.4 Å². The average molecular weight is 250 g/mol. The molecule has 1 aromatic rings. The van der Waals surface area contributed by atoms with E-state index >= 15 is 0 Å². The Morgan fingerprint density at radius 3 is 2.89 bits per heavy atom. The summed E-state index contributed by atoms with van der Waals surface area (Å²) in [5, 5.41) is 17.5. The largest absolute Gasteiger partial charge is 0.480 e. The minimum Gasteiger partial charge on any atom is -0.480 e. The number of nitriles is 1. The third kappa shape index (κ3) is 3.59. The van der Waals surface area contributed by atoms with Crippen LogP contribution in [0.2, 0.25) is 0 Å². The minimum atomic E-state index is -1.09. The van der Waals surface area contributed by atoms with E-state index in [2.05, 4.69) is 9.97 Å². The first-order valence-electron chi connectivity index (χ1n) is 5.39. The van der Waals surface area contributed by atoms with Crippen molar-refractivity contribution in [2.75, 3.05) is 7.05 Å². The standard InChI is InChI=1S/C11H14N4O3/c1-15(10(16)3-2-4-12)9(11(17)18)5-8-6-13-7-14-8/h6-7,9H,2-3,5H2,1H3,(H,13,14)(H,17,18)/t9-/m0/s1. The molecule has 0 spiro atoms. The van der Waals surface area contributed by atoms with E-state index in [0.717, 1.165) is 4.90 Å². The summed E-state index contributed by atoms with van der Waals surface area (Å²) in [6.45, 7) is 0. The number of likely N-dealkylation sites (N-methyl/N-ethyl adjacent to an activating group) is 1. The first kappa shape index (κ1) is 13.7. The van der Waals surface area contributed by atoms with Gasteiger partial charge < -0.3 is 15.0 Å². The van der Waals surface area contributed by atoms with Gasteiger partial charge in [0.15, 0.2) is 0 Å². The summed E-state index contributed by atoms with van der Waals surface area (Å²) in [5.74, 6) is -1.44. The molecule has 0 aliphatic heterocycles. The molecule has 1 aromatic heterocycles. The van der Waals surface area contributed by atoms with Crippen molar-refractivity contribution in [3.8, 4) is 6.07 Å². The highest BCUT2D eigenvalue weighted by atomic mass is 16.4. The van der Waals surface area contributed by atoms with Crippen molar-refractivity contribution >= 4 is 11.9 Å². The Labute approximate surface area is 104 Å². The van der Waals surface area contributed by atoms with Crippen molar-refractivity contribution in [1.82, 2.24) is 14.9 Å². The number of aliphatic carboxylic acids is 1. The van der Waals surface area contributed by atoms with Crippen LogP contribution in [0.25, 0.3) is 0 Å². The number of hydrogen-bond acceptors (Lipinski definition) is 4.